The van der Waals surface area contributed by atoms with Crippen LogP contribution in [-0.4, -0.2) is 87.3 Å². The second kappa shape index (κ2) is 20.1. The summed E-state index contributed by atoms with van der Waals surface area (Å²) in [5, 5.41) is 8.17. The van der Waals surface area contributed by atoms with Crippen LogP contribution in [0.25, 0.3) is 33.4 Å². The Labute approximate surface area is 367 Å². The molecule has 7 rings (SSSR count). The maximum Gasteiger partial charge on any atom is 0.324 e. The fourth-order valence-electron chi connectivity index (χ4n) is 7.60. The molecule has 310 valence electrons. The van der Waals surface area contributed by atoms with Crippen LogP contribution in [0.4, 0.5) is 4.79 Å². The first kappa shape index (κ1) is 48.0. The number of nitrogens with zero attached hydrogens (tertiary/aromatic N) is 5. The van der Waals surface area contributed by atoms with Gasteiger partial charge in [-0.2, -0.15) is 54.0 Å². The number of hydrogen-bond donors (Lipinski definition) is 2. The number of hydrazine groups is 1. The highest BCUT2D eigenvalue weighted by Crippen LogP contribution is 2.42. The van der Waals surface area contributed by atoms with Gasteiger partial charge in [0.15, 0.2) is 0 Å². The van der Waals surface area contributed by atoms with Crippen molar-refractivity contribution in [1.82, 2.24) is 35.2 Å². The van der Waals surface area contributed by atoms with E-state index in [1.54, 1.807) is 18.2 Å². The van der Waals surface area contributed by atoms with Crippen molar-refractivity contribution < 1.29 is 23.9 Å². The van der Waals surface area contributed by atoms with Gasteiger partial charge in [0.05, 0.1) is 40.8 Å². The normalized spacial score (nSPS) is 20.8. The smallest absolute Gasteiger partial charge is 0.324 e. The van der Waals surface area contributed by atoms with E-state index in [1.165, 1.54) is 16.3 Å². The lowest BCUT2D eigenvalue weighted by molar-refractivity contribution is -0.155. The first-order valence-corrected chi connectivity index (χ1v) is 19.2. The number of nitrogens with one attached hydrogen (secondary N) is 2. The number of carbonyl (C=O) groups is 3. The number of aryl methyl sites for hydroxylation is 1. The molecule has 4 atom stereocenters. The molecule has 0 saturated carbocycles. The van der Waals surface area contributed by atoms with Gasteiger partial charge in [-0.25, -0.2) is 15.2 Å². The highest BCUT2D eigenvalue weighted by atomic mass is 32.1. The zero-order chi connectivity index (χ0) is 37.4. The lowest BCUT2D eigenvalue weighted by Crippen LogP contribution is -2.63. The molecule has 6 bridgehead atoms. The van der Waals surface area contributed by atoms with Crippen LogP contribution < -0.4 is 10.7 Å². The molecule has 12 nitrogen and oxygen atoms in total. The molecule has 1 aromatic carbocycles. The highest BCUT2D eigenvalue weighted by Gasteiger charge is 2.38. The minimum atomic E-state index is -0.931. The monoisotopic (exact) mass is 873 g/mol. The van der Waals surface area contributed by atoms with Crippen LogP contribution in [0.3, 0.4) is 0 Å². The van der Waals surface area contributed by atoms with Crippen LogP contribution in [0.15, 0.2) is 41.9 Å². The molecule has 0 unspecified atom stereocenters. The average Bonchev–Trinajstić information content (AvgIpc) is 3.74. The van der Waals surface area contributed by atoms with Gasteiger partial charge in [-0.05, 0) is 69.4 Å². The number of esters is 1. The van der Waals surface area contributed by atoms with Crippen LogP contribution in [0, 0.1) is 17.8 Å². The average molecular weight is 874 g/mol. The molecule has 0 radical (unpaired) electrons. The summed E-state index contributed by atoms with van der Waals surface area (Å²) in [6, 6.07) is 8.14. The zero-order valence-corrected chi connectivity index (χ0v) is 37.8. The first-order valence-electron chi connectivity index (χ1n) is 18.4. The molecular weight excluding hydrogens is 819 g/mol. The molecule has 57 heavy (non-hydrogen) atoms. The van der Waals surface area contributed by atoms with Crippen molar-refractivity contribution in [3.8, 4) is 34.9 Å². The van der Waals surface area contributed by atoms with E-state index in [-0.39, 0.29) is 85.1 Å². The van der Waals surface area contributed by atoms with Crippen molar-refractivity contribution >= 4 is 94.1 Å². The maximum absolute atomic E-state index is 14.1. The summed E-state index contributed by atoms with van der Waals surface area (Å²) in [5.74, 6) is 1.88. The van der Waals surface area contributed by atoms with E-state index in [0.29, 0.717) is 37.4 Å². The molecule has 6 heterocycles. The number of benzene rings is 1. The van der Waals surface area contributed by atoms with Crippen LogP contribution >= 0.6 is 65.3 Å². The molecule has 0 aliphatic carbocycles. The Bertz CT molecular complexity index is 2100. The Morgan fingerprint density at radius 1 is 1.18 bits per heavy atom. The van der Waals surface area contributed by atoms with Crippen molar-refractivity contribution in [1.29, 1.82) is 0 Å². The minimum Gasteiger partial charge on any atom is -0.464 e. The molecule has 4 aromatic rings. The van der Waals surface area contributed by atoms with Crippen molar-refractivity contribution in [3.63, 3.8) is 0 Å². The lowest BCUT2D eigenvalue weighted by Gasteiger charge is -2.39. The van der Waals surface area contributed by atoms with Gasteiger partial charge in [0.1, 0.15) is 12.1 Å². The van der Waals surface area contributed by atoms with Crippen LogP contribution in [0.1, 0.15) is 69.3 Å². The number of methoxy groups -OCH3 is 1. The summed E-state index contributed by atoms with van der Waals surface area (Å²) in [6.07, 6.45) is 9.84. The van der Waals surface area contributed by atoms with E-state index in [9.17, 15) is 14.4 Å². The van der Waals surface area contributed by atoms with E-state index in [4.69, 9.17) is 25.9 Å². The van der Waals surface area contributed by atoms with E-state index >= 15 is 0 Å². The van der Waals surface area contributed by atoms with Gasteiger partial charge in [-0.15, -0.1) is 17.8 Å². The van der Waals surface area contributed by atoms with Crippen molar-refractivity contribution in [3.05, 3.63) is 58.2 Å². The number of pyridine rings is 1. The van der Waals surface area contributed by atoms with Crippen molar-refractivity contribution in [2.75, 3.05) is 26.8 Å². The number of hydrogen-bond acceptors (Lipinski definition) is 9. The Morgan fingerprint density at radius 3 is 2.63 bits per heavy atom. The number of amides is 3. The number of likely N-dealkylation sites (tertiary alicyclic amines) is 1. The number of terminal acetylenes is 1. The summed E-state index contributed by atoms with van der Waals surface area (Å²) in [6.45, 7) is 10.2. The third kappa shape index (κ3) is 9.75. The maximum atomic E-state index is 14.1. The molecule has 3 aliphatic rings. The molecule has 2 N–H and O–H groups in total. The molecule has 2 saturated heterocycles. The van der Waals surface area contributed by atoms with Gasteiger partial charge in [0.25, 0.3) is 5.91 Å². The number of fused-ring (bicyclic) bond motifs is 6. The fraction of sp³-hybridized carbons (Fsp3) is 0.475. The van der Waals surface area contributed by atoms with Gasteiger partial charge in [0, 0.05) is 72.2 Å². The van der Waals surface area contributed by atoms with Crippen LogP contribution in [-0.2, 0) is 38.4 Å². The summed E-state index contributed by atoms with van der Waals surface area (Å²) in [5.41, 5.74) is 9.51. The Hall–Kier alpha value is -3.37. The molecule has 3 aromatic heterocycles. The molecule has 17 heteroatoms. The SMILES string of the molecule is C#C[C@@H]1CCN1C(=O)N[C@H]1Cc2nc(cs2)-c2ccc3c(c2)c(c(-c2cccnc2[C@H](C)OC)n3CC)CC(C)(C)COC(=O)[C@@H]2CCCN(N2)C1=O.S.S.S.S. The molecule has 3 amide bonds. The summed E-state index contributed by atoms with van der Waals surface area (Å²) < 4.78 is 14.1. The van der Waals surface area contributed by atoms with Crippen molar-refractivity contribution in [2.24, 2.45) is 5.41 Å². The first-order chi connectivity index (χ1) is 25.5. The quantitative estimate of drug-likeness (QED) is 0.186. The van der Waals surface area contributed by atoms with Crippen LogP contribution in [0.2, 0.25) is 0 Å². The Kier molecular flexibility index (Phi) is 16.9. The summed E-state index contributed by atoms with van der Waals surface area (Å²) >= 11 is 1.45. The third-order valence-corrected chi connectivity index (χ3v) is 11.5. The van der Waals surface area contributed by atoms with E-state index < -0.39 is 29.5 Å². The fourth-order valence-corrected chi connectivity index (χ4v) is 8.45. The number of ether oxygens (including phenoxy) is 2. The second-order valence-electron chi connectivity index (χ2n) is 14.9. The van der Waals surface area contributed by atoms with Crippen molar-refractivity contribution in [2.45, 2.75) is 90.6 Å². The number of carbonyl (C=O) groups excluding carboxylic acids is 3. The molecule has 0 spiro atoms. The predicted molar refractivity (Wildman–Crippen MR) is 245 cm³/mol. The Balaban J connectivity index is 0.00000218. The minimum absolute atomic E-state index is 0. The number of rotatable bonds is 5. The van der Waals surface area contributed by atoms with Gasteiger partial charge < -0.3 is 24.3 Å². The summed E-state index contributed by atoms with van der Waals surface area (Å²) in [7, 11) is 1.69. The standard InChI is InChI=1S/C40H47N7O5S.4H2S/c1-7-26-15-18-46(26)39(50)43-31-20-34-42-32(22-53-34)25-13-14-33-28(19-25)29(36(45(33)8-2)27-11-9-16-41-35(27)24(3)51-6)21-40(4,5)23-52-38(49)30-12-10-17-47(44-30)37(31)48;;;;/h1,9,11,13-14,16,19,22,24,26,30-31,44H,8,10,12,15,17-18,20-21,23H2,2-6H3,(H,43,50);4*1H2/t24-,26+,30-,31-;;;;/m0..../s1. The van der Waals surface area contributed by atoms with Crippen LogP contribution in [0.5, 0.6) is 0 Å². The topological polar surface area (TPSA) is 131 Å². The third-order valence-electron chi connectivity index (χ3n) is 10.6. The summed E-state index contributed by atoms with van der Waals surface area (Å²) in [4.78, 5) is 52.4. The van der Waals surface area contributed by atoms with E-state index in [1.807, 2.05) is 18.4 Å². The second-order valence-corrected chi connectivity index (χ2v) is 15.8. The van der Waals surface area contributed by atoms with E-state index in [2.05, 4.69) is 66.3 Å². The number of urea groups is 1. The largest absolute Gasteiger partial charge is 0.464 e. The zero-order valence-electron chi connectivity index (χ0n) is 33.0. The van der Waals surface area contributed by atoms with Gasteiger partial charge in [0.2, 0.25) is 0 Å². The van der Waals surface area contributed by atoms with Gasteiger partial charge in [-0.1, -0.05) is 25.8 Å². The lowest BCUT2D eigenvalue weighted by atomic mass is 9.84. The highest BCUT2D eigenvalue weighted by molar-refractivity contribution is 7.59. The van der Waals surface area contributed by atoms with E-state index in [0.717, 1.165) is 57.6 Å². The Morgan fingerprint density at radius 2 is 1.95 bits per heavy atom. The predicted octanol–water partition coefficient (Wildman–Crippen LogP) is 5.95. The molecule has 2 fully saturated rings. The molecule has 3 aliphatic heterocycles. The number of aromatic nitrogens is 3. The van der Waals surface area contributed by atoms with Gasteiger partial charge in [-0.3, -0.25) is 19.6 Å². The number of thiazole rings is 1. The van der Waals surface area contributed by atoms with Gasteiger partial charge >= 0.3 is 12.0 Å². The molecular formula is C40H55N7O5S5. The number of cyclic esters (lactones) is 1.